The van der Waals surface area contributed by atoms with Gasteiger partial charge in [0.25, 0.3) is 0 Å². The quantitative estimate of drug-likeness (QED) is 0.349. The van der Waals surface area contributed by atoms with Crippen molar-refractivity contribution in [2.24, 2.45) is 0 Å². The number of esters is 2. The number of carbonyl (C=O) groups excluding carboxylic acids is 3. The lowest BCUT2D eigenvalue weighted by Gasteiger charge is -2.05. The molecule has 0 heterocycles. The Kier molecular flexibility index (Phi) is 5.47. The molecule has 5 nitrogen and oxygen atoms in total. The normalized spacial score (nSPS) is 10.7. The SMILES string of the molecule is COC(=O)C(=CCc1ccc(C=O)cc1)OC(C)=O. The van der Waals surface area contributed by atoms with Gasteiger partial charge in [-0.25, -0.2) is 4.79 Å². The van der Waals surface area contributed by atoms with Gasteiger partial charge in [-0.3, -0.25) is 9.59 Å². The second-order valence-corrected chi connectivity index (χ2v) is 3.72. The fourth-order valence-corrected chi connectivity index (χ4v) is 1.36. The largest absolute Gasteiger partial charge is 0.463 e. The van der Waals surface area contributed by atoms with Gasteiger partial charge in [0.15, 0.2) is 0 Å². The van der Waals surface area contributed by atoms with Gasteiger partial charge in [-0.15, -0.1) is 0 Å². The average molecular weight is 262 g/mol. The van der Waals surface area contributed by atoms with Crippen LogP contribution in [-0.4, -0.2) is 25.3 Å². The summed E-state index contributed by atoms with van der Waals surface area (Å²) in [6, 6.07) is 6.84. The average Bonchev–Trinajstić information content (AvgIpc) is 2.42. The van der Waals surface area contributed by atoms with E-state index in [9.17, 15) is 14.4 Å². The van der Waals surface area contributed by atoms with Gasteiger partial charge < -0.3 is 9.47 Å². The first kappa shape index (κ1) is 14.6. The van der Waals surface area contributed by atoms with Crippen LogP contribution in [0.4, 0.5) is 0 Å². The Morgan fingerprint density at radius 2 is 1.84 bits per heavy atom. The van der Waals surface area contributed by atoms with Crippen LogP contribution in [0.5, 0.6) is 0 Å². The third-order valence-electron chi connectivity index (χ3n) is 2.28. The number of methoxy groups -OCH3 is 1. The number of aldehydes is 1. The number of benzene rings is 1. The second-order valence-electron chi connectivity index (χ2n) is 3.72. The summed E-state index contributed by atoms with van der Waals surface area (Å²) in [7, 11) is 1.21. The van der Waals surface area contributed by atoms with E-state index in [4.69, 9.17) is 4.74 Å². The summed E-state index contributed by atoms with van der Waals surface area (Å²) in [6.45, 7) is 1.20. The highest BCUT2D eigenvalue weighted by Crippen LogP contribution is 2.08. The first-order valence-corrected chi connectivity index (χ1v) is 5.58. The molecule has 0 aliphatic rings. The molecule has 0 N–H and O–H groups in total. The molecule has 0 bridgehead atoms. The summed E-state index contributed by atoms with van der Waals surface area (Å²) in [5.41, 5.74) is 1.44. The molecule has 0 aliphatic carbocycles. The molecule has 0 radical (unpaired) electrons. The van der Waals surface area contributed by atoms with Crippen molar-refractivity contribution in [3.8, 4) is 0 Å². The summed E-state index contributed by atoms with van der Waals surface area (Å²) in [5.74, 6) is -1.44. The lowest BCUT2D eigenvalue weighted by molar-refractivity contribution is -0.148. The van der Waals surface area contributed by atoms with Crippen LogP contribution in [0, 0.1) is 0 Å². The number of ether oxygens (including phenoxy) is 2. The third-order valence-corrected chi connectivity index (χ3v) is 2.28. The predicted molar refractivity (Wildman–Crippen MR) is 67.4 cm³/mol. The fraction of sp³-hybridized carbons (Fsp3) is 0.214. The summed E-state index contributed by atoms with van der Waals surface area (Å²) in [4.78, 5) is 32.7. The molecular weight excluding hydrogens is 248 g/mol. The standard InChI is InChI=1S/C14H14O5/c1-10(16)19-13(14(17)18-2)8-7-11-3-5-12(9-15)6-4-11/h3-6,8-9H,7H2,1-2H3. The van der Waals surface area contributed by atoms with Gasteiger partial charge >= 0.3 is 11.9 Å². The Morgan fingerprint density at radius 3 is 2.32 bits per heavy atom. The Labute approximate surface area is 110 Å². The van der Waals surface area contributed by atoms with E-state index in [2.05, 4.69) is 4.74 Å². The Morgan fingerprint density at radius 1 is 1.21 bits per heavy atom. The first-order valence-electron chi connectivity index (χ1n) is 5.58. The number of hydrogen-bond acceptors (Lipinski definition) is 5. The van der Waals surface area contributed by atoms with Crippen molar-refractivity contribution >= 4 is 18.2 Å². The third kappa shape index (κ3) is 4.75. The molecular formula is C14H14O5. The molecule has 100 valence electrons. The van der Waals surface area contributed by atoms with Crippen molar-refractivity contribution < 1.29 is 23.9 Å². The zero-order chi connectivity index (χ0) is 14.3. The summed E-state index contributed by atoms with van der Waals surface area (Å²) in [5, 5.41) is 0. The van der Waals surface area contributed by atoms with Crippen LogP contribution in [0.25, 0.3) is 0 Å². The topological polar surface area (TPSA) is 69.7 Å². The Bertz CT molecular complexity index is 499. The van der Waals surface area contributed by atoms with E-state index in [0.717, 1.165) is 11.8 Å². The molecule has 0 saturated carbocycles. The van der Waals surface area contributed by atoms with Gasteiger partial charge in [-0.05, 0) is 18.1 Å². The van der Waals surface area contributed by atoms with Crippen LogP contribution in [0.15, 0.2) is 36.1 Å². The van der Waals surface area contributed by atoms with Crippen molar-refractivity contribution in [3.05, 3.63) is 47.2 Å². The van der Waals surface area contributed by atoms with Crippen LogP contribution in [-0.2, 0) is 25.5 Å². The summed E-state index contributed by atoms with van der Waals surface area (Å²) in [6.07, 6.45) is 2.60. The van der Waals surface area contributed by atoms with Gasteiger partial charge in [-0.2, -0.15) is 0 Å². The summed E-state index contributed by atoms with van der Waals surface area (Å²) >= 11 is 0. The number of rotatable bonds is 5. The number of hydrogen-bond donors (Lipinski definition) is 0. The summed E-state index contributed by atoms with van der Waals surface area (Å²) < 4.78 is 9.27. The van der Waals surface area contributed by atoms with Gasteiger partial charge in [-0.1, -0.05) is 24.3 Å². The maximum absolute atomic E-state index is 11.4. The highest BCUT2D eigenvalue weighted by Gasteiger charge is 2.13. The van der Waals surface area contributed by atoms with Crippen molar-refractivity contribution in [1.82, 2.24) is 0 Å². The van der Waals surface area contributed by atoms with Crippen molar-refractivity contribution in [2.75, 3.05) is 7.11 Å². The van der Waals surface area contributed by atoms with Crippen molar-refractivity contribution in [2.45, 2.75) is 13.3 Å². The lowest BCUT2D eigenvalue weighted by atomic mass is 10.1. The zero-order valence-electron chi connectivity index (χ0n) is 10.7. The Balaban J connectivity index is 2.81. The van der Waals surface area contributed by atoms with Gasteiger partial charge in [0.05, 0.1) is 7.11 Å². The molecule has 5 heteroatoms. The van der Waals surface area contributed by atoms with Gasteiger partial charge in [0.1, 0.15) is 6.29 Å². The second kappa shape index (κ2) is 7.10. The zero-order valence-corrected chi connectivity index (χ0v) is 10.7. The number of allylic oxidation sites excluding steroid dienone is 1. The van der Waals surface area contributed by atoms with Crippen LogP contribution >= 0.6 is 0 Å². The highest BCUT2D eigenvalue weighted by atomic mass is 16.6. The van der Waals surface area contributed by atoms with Gasteiger partial charge in [0.2, 0.25) is 5.76 Å². The van der Waals surface area contributed by atoms with Crippen LogP contribution in [0.3, 0.4) is 0 Å². The van der Waals surface area contributed by atoms with E-state index in [1.165, 1.54) is 20.1 Å². The predicted octanol–water partition coefficient (Wildman–Crippen LogP) is 1.66. The van der Waals surface area contributed by atoms with E-state index in [1.807, 2.05) is 0 Å². The lowest BCUT2D eigenvalue weighted by Crippen LogP contribution is -2.11. The molecule has 0 spiro atoms. The Hall–Kier alpha value is -2.43. The van der Waals surface area contributed by atoms with Gasteiger partial charge in [0, 0.05) is 12.5 Å². The van der Waals surface area contributed by atoms with Crippen LogP contribution in [0.1, 0.15) is 22.8 Å². The first-order chi connectivity index (χ1) is 9.06. The molecule has 0 saturated heterocycles. The van der Waals surface area contributed by atoms with Crippen molar-refractivity contribution in [3.63, 3.8) is 0 Å². The van der Waals surface area contributed by atoms with E-state index < -0.39 is 11.9 Å². The highest BCUT2D eigenvalue weighted by molar-refractivity contribution is 5.89. The van der Waals surface area contributed by atoms with E-state index in [-0.39, 0.29) is 5.76 Å². The monoisotopic (exact) mass is 262 g/mol. The van der Waals surface area contributed by atoms with E-state index >= 15 is 0 Å². The molecule has 0 amide bonds. The number of carbonyl (C=O) groups is 3. The molecule has 1 aromatic carbocycles. The molecule has 1 rings (SSSR count). The fourth-order valence-electron chi connectivity index (χ4n) is 1.36. The molecule has 1 aromatic rings. The van der Waals surface area contributed by atoms with E-state index in [0.29, 0.717) is 12.0 Å². The molecule has 0 aromatic heterocycles. The smallest absolute Gasteiger partial charge is 0.373 e. The maximum Gasteiger partial charge on any atom is 0.373 e. The molecule has 0 aliphatic heterocycles. The van der Waals surface area contributed by atoms with Crippen molar-refractivity contribution in [1.29, 1.82) is 0 Å². The van der Waals surface area contributed by atoms with Crippen LogP contribution in [0.2, 0.25) is 0 Å². The molecule has 0 fully saturated rings. The maximum atomic E-state index is 11.4. The minimum absolute atomic E-state index is 0.144. The van der Waals surface area contributed by atoms with E-state index in [1.54, 1.807) is 24.3 Å². The molecule has 0 unspecified atom stereocenters. The van der Waals surface area contributed by atoms with Crippen LogP contribution < -0.4 is 0 Å². The minimum atomic E-state index is -0.709. The molecule has 19 heavy (non-hydrogen) atoms. The minimum Gasteiger partial charge on any atom is -0.463 e. The molecule has 0 atom stereocenters.